The summed E-state index contributed by atoms with van der Waals surface area (Å²) in [4.78, 5) is 11.1. The van der Waals surface area contributed by atoms with Crippen LogP contribution in [0.5, 0.6) is 0 Å². The topological polar surface area (TPSA) is 73.0 Å². The van der Waals surface area contributed by atoms with E-state index in [1.54, 1.807) is 11.7 Å². The van der Waals surface area contributed by atoms with Gasteiger partial charge < -0.3 is 5.32 Å². The quantitative estimate of drug-likeness (QED) is 0.676. The Morgan fingerprint density at radius 2 is 2.14 bits per heavy atom. The molecule has 1 unspecified atom stereocenters. The zero-order valence-corrected chi connectivity index (χ0v) is 13.6. The number of aryl methyl sites for hydroxylation is 1. The lowest BCUT2D eigenvalue weighted by molar-refractivity contribution is -0.384. The van der Waals surface area contributed by atoms with E-state index in [0.717, 1.165) is 19.3 Å². The monoisotopic (exact) mass is 294 g/mol. The maximum atomic E-state index is 11.4. The number of hydrogen-bond acceptors (Lipinski definition) is 4. The minimum absolute atomic E-state index is 0.0370. The number of anilines is 1. The smallest absolute Gasteiger partial charge is 0.334 e. The molecule has 2 rings (SSSR count). The van der Waals surface area contributed by atoms with Crippen LogP contribution in [0.15, 0.2) is 0 Å². The predicted molar refractivity (Wildman–Crippen MR) is 83.6 cm³/mol. The zero-order chi connectivity index (χ0) is 15.8. The average Bonchev–Trinajstić information content (AvgIpc) is 2.66. The van der Waals surface area contributed by atoms with Gasteiger partial charge in [0.1, 0.15) is 5.69 Å². The minimum atomic E-state index is -0.307. The van der Waals surface area contributed by atoms with Gasteiger partial charge in [-0.2, -0.15) is 5.10 Å². The van der Waals surface area contributed by atoms with Crippen LogP contribution in [0, 0.1) is 15.5 Å². The molecule has 0 saturated heterocycles. The molecule has 1 heterocycles. The second-order valence-corrected chi connectivity index (χ2v) is 7.22. The molecule has 0 aliphatic heterocycles. The van der Waals surface area contributed by atoms with Crippen LogP contribution in [0.4, 0.5) is 11.5 Å². The average molecular weight is 294 g/mol. The first kappa shape index (κ1) is 15.8. The van der Waals surface area contributed by atoms with E-state index in [2.05, 4.69) is 24.3 Å². The Morgan fingerprint density at radius 3 is 2.67 bits per heavy atom. The Morgan fingerprint density at radius 1 is 1.48 bits per heavy atom. The van der Waals surface area contributed by atoms with Gasteiger partial charge in [-0.05, 0) is 24.7 Å². The highest BCUT2D eigenvalue weighted by Crippen LogP contribution is 2.39. The van der Waals surface area contributed by atoms with Crippen molar-refractivity contribution >= 4 is 11.5 Å². The highest BCUT2D eigenvalue weighted by Gasteiger charge is 2.33. The first-order valence-corrected chi connectivity index (χ1v) is 7.69. The Kier molecular flexibility index (Phi) is 4.25. The normalized spacial score (nSPS) is 21.5. The summed E-state index contributed by atoms with van der Waals surface area (Å²) >= 11 is 0. The molecule has 0 bridgehead atoms. The fourth-order valence-corrected chi connectivity index (χ4v) is 3.28. The van der Waals surface area contributed by atoms with E-state index in [9.17, 15) is 10.1 Å². The summed E-state index contributed by atoms with van der Waals surface area (Å²) < 4.78 is 1.62. The maximum Gasteiger partial charge on any atom is 0.334 e. The molecule has 6 nitrogen and oxygen atoms in total. The van der Waals surface area contributed by atoms with E-state index < -0.39 is 0 Å². The summed E-state index contributed by atoms with van der Waals surface area (Å²) in [6, 6.07) is 0.280. The van der Waals surface area contributed by atoms with Crippen LogP contribution < -0.4 is 5.32 Å². The number of nitro groups is 1. The zero-order valence-electron chi connectivity index (χ0n) is 13.6. The molecule has 0 amide bonds. The highest BCUT2D eigenvalue weighted by atomic mass is 16.6. The van der Waals surface area contributed by atoms with Crippen molar-refractivity contribution in [3.63, 3.8) is 0 Å². The Balaban J connectivity index is 2.29. The summed E-state index contributed by atoms with van der Waals surface area (Å²) in [5.74, 6) is 0.585. The van der Waals surface area contributed by atoms with Crippen molar-refractivity contribution in [3.05, 3.63) is 15.8 Å². The number of rotatable bonds is 4. The first-order chi connectivity index (χ1) is 9.71. The number of nitrogens with zero attached hydrogens (tertiary/aromatic N) is 3. The van der Waals surface area contributed by atoms with Crippen molar-refractivity contribution in [2.75, 3.05) is 5.32 Å². The van der Waals surface area contributed by atoms with Gasteiger partial charge in [-0.15, -0.1) is 0 Å². The molecule has 118 valence electrons. The molecule has 1 aliphatic rings. The lowest BCUT2D eigenvalue weighted by Crippen LogP contribution is -2.32. The van der Waals surface area contributed by atoms with Gasteiger partial charge in [0.2, 0.25) is 5.82 Å². The van der Waals surface area contributed by atoms with Crippen LogP contribution >= 0.6 is 0 Å². The van der Waals surface area contributed by atoms with Crippen LogP contribution in [0.25, 0.3) is 0 Å². The van der Waals surface area contributed by atoms with Gasteiger partial charge in [0.25, 0.3) is 0 Å². The van der Waals surface area contributed by atoms with Crippen molar-refractivity contribution in [1.82, 2.24) is 9.78 Å². The van der Waals surface area contributed by atoms with Crippen molar-refractivity contribution in [2.45, 2.75) is 65.3 Å². The summed E-state index contributed by atoms with van der Waals surface area (Å²) in [6.07, 6.45) is 4.47. The van der Waals surface area contributed by atoms with Gasteiger partial charge in [0, 0.05) is 19.0 Å². The Labute approximate surface area is 126 Å². The predicted octanol–water partition coefficient (Wildman–Crippen LogP) is 3.83. The molecule has 21 heavy (non-hydrogen) atoms. The fraction of sp³-hybridized carbons (Fsp3) is 0.800. The first-order valence-electron chi connectivity index (χ1n) is 7.69. The third-order valence-electron chi connectivity index (χ3n) is 4.32. The fourth-order valence-electron chi connectivity index (χ4n) is 3.28. The van der Waals surface area contributed by atoms with Crippen molar-refractivity contribution in [1.29, 1.82) is 0 Å². The van der Waals surface area contributed by atoms with Gasteiger partial charge in [-0.25, -0.2) is 4.68 Å². The maximum absolute atomic E-state index is 11.4. The third-order valence-corrected chi connectivity index (χ3v) is 4.32. The second-order valence-electron chi connectivity index (χ2n) is 7.22. The molecular formula is C15H26N4O2. The third kappa shape index (κ3) is 3.36. The number of nitrogens with one attached hydrogen (secondary N) is 1. The summed E-state index contributed by atoms with van der Waals surface area (Å²) in [6.45, 7) is 8.39. The van der Waals surface area contributed by atoms with Crippen LogP contribution in [0.3, 0.4) is 0 Å². The summed E-state index contributed by atoms with van der Waals surface area (Å²) in [7, 11) is 1.77. The molecule has 6 heteroatoms. The molecule has 1 saturated carbocycles. The largest absolute Gasteiger partial charge is 0.362 e. The van der Waals surface area contributed by atoms with E-state index in [1.807, 2.05) is 13.8 Å². The van der Waals surface area contributed by atoms with Crippen LogP contribution in [0.1, 0.15) is 65.0 Å². The number of aromatic nitrogens is 2. The summed E-state index contributed by atoms with van der Waals surface area (Å²) in [5.41, 5.74) is 0.986. The van der Waals surface area contributed by atoms with Gasteiger partial charge in [-0.1, -0.05) is 34.1 Å². The van der Waals surface area contributed by atoms with Crippen LogP contribution in [-0.4, -0.2) is 20.7 Å². The van der Waals surface area contributed by atoms with Crippen molar-refractivity contribution in [3.8, 4) is 0 Å². The molecular weight excluding hydrogens is 268 g/mol. The minimum Gasteiger partial charge on any atom is -0.362 e. The molecule has 1 aromatic rings. The number of hydrogen-bond donors (Lipinski definition) is 1. The molecule has 1 aliphatic carbocycles. The molecule has 1 fully saturated rings. The second kappa shape index (κ2) is 5.66. The standard InChI is InChI=1S/C15H26N4O2/c1-10(2)12-13(19(20)21)14(18(5)17-12)16-11-7-6-8-15(3,4)9-11/h10-11,16H,6-9H2,1-5H3. The van der Waals surface area contributed by atoms with Gasteiger partial charge in [0.15, 0.2) is 0 Å². The van der Waals surface area contributed by atoms with E-state index >= 15 is 0 Å². The van der Waals surface area contributed by atoms with Gasteiger partial charge in [0.05, 0.1) is 4.92 Å². The molecule has 1 aromatic heterocycles. The van der Waals surface area contributed by atoms with E-state index in [0.29, 0.717) is 16.9 Å². The van der Waals surface area contributed by atoms with E-state index in [-0.39, 0.29) is 22.6 Å². The van der Waals surface area contributed by atoms with Crippen LogP contribution in [-0.2, 0) is 7.05 Å². The summed E-state index contributed by atoms with van der Waals surface area (Å²) in [5, 5.41) is 19.2. The van der Waals surface area contributed by atoms with Crippen molar-refractivity contribution in [2.24, 2.45) is 12.5 Å². The highest BCUT2D eigenvalue weighted by molar-refractivity contribution is 5.61. The van der Waals surface area contributed by atoms with E-state index in [1.165, 1.54) is 6.42 Å². The van der Waals surface area contributed by atoms with Gasteiger partial charge in [-0.3, -0.25) is 10.1 Å². The Hall–Kier alpha value is -1.59. The lowest BCUT2D eigenvalue weighted by Gasteiger charge is -2.35. The molecule has 0 spiro atoms. The Bertz CT molecular complexity index is 534. The molecule has 1 atom stereocenters. The molecule has 0 radical (unpaired) electrons. The molecule has 0 aromatic carbocycles. The van der Waals surface area contributed by atoms with E-state index in [4.69, 9.17) is 0 Å². The SMILES string of the molecule is CC(C)c1nn(C)c(NC2CCCC(C)(C)C2)c1[N+](=O)[O-]. The van der Waals surface area contributed by atoms with Crippen molar-refractivity contribution < 1.29 is 4.92 Å². The van der Waals surface area contributed by atoms with Crippen LogP contribution in [0.2, 0.25) is 0 Å². The lowest BCUT2D eigenvalue weighted by atomic mass is 9.75. The molecule has 1 N–H and O–H groups in total. The van der Waals surface area contributed by atoms with Gasteiger partial charge >= 0.3 is 5.69 Å².